The van der Waals surface area contributed by atoms with Crippen LogP contribution >= 0.6 is 0 Å². The maximum atomic E-state index is 13.3. The summed E-state index contributed by atoms with van der Waals surface area (Å²) >= 11 is 0. The number of hydrogen-bond donors (Lipinski definition) is 0. The van der Waals surface area contributed by atoms with E-state index in [-0.39, 0.29) is 12.8 Å². The number of hydrogen-bond acceptors (Lipinski definition) is 3. The molecule has 0 saturated heterocycles. The number of ether oxygens (including phenoxy) is 3. The summed E-state index contributed by atoms with van der Waals surface area (Å²) in [7, 11) is 0. The van der Waals surface area contributed by atoms with Crippen molar-refractivity contribution < 1.29 is 49.3 Å². The Morgan fingerprint density at radius 3 is 1.19 bits per heavy atom. The molecule has 4 aromatic rings. The minimum Gasteiger partial charge on any atom is -0.457 e. The average molecular weight is 667 g/mol. The molecule has 0 N–H and O–H groups in total. The maximum absolute atomic E-state index is 13.3. The van der Waals surface area contributed by atoms with Crippen LogP contribution in [-0.2, 0) is 35.2 Å². The van der Waals surface area contributed by atoms with Crippen LogP contribution in [0, 0.1) is 13.8 Å². The second-order valence-corrected chi connectivity index (χ2v) is 11.3. The summed E-state index contributed by atoms with van der Waals surface area (Å²) in [6.45, 7) is 2.94. The SMILES string of the molecule is Cc1ccc(Cc2cc(CCOC(F)C(F)(F)F)ccc2Oc2ccc(CCOC(F)C(F)(F)F)cc2Cc2ccc(C)cc2)cc1. The van der Waals surface area contributed by atoms with E-state index in [1.54, 1.807) is 36.4 Å². The molecular weight excluding hydrogens is 632 g/mol. The quantitative estimate of drug-likeness (QED) is 0.125. The normalized spacial score (nSPS) is 13.4. The van der Waals surface area contributed by atoms with Crippen LogP contribution in [0.15, 0.2) is 84.9 Å². The van der Waals surface area contributed by atoms with Crippen molar-refractivity contribution >= 4 is 0 Å². The monoisotopic (exact) mass is 666 g/mol. The van der Waals surface area contributed by atoms with E-state index in [1.165, 1.54) is 0 Å². The highest BCUT2D eigenvalue weighted by Gasteiger charge is 2.41. The van der Waals surface area contributed by atoms with E-state index >= 15 is 0 Å². The Hall–Kier alpha value is -3.96. The fourth-order valence-electron chi connectivity index (χ4n) is 4.77. The van der Waals surface area contributed by atoms with Crippen molar-refractivity contribution in [1.29, 1.82) is 0 Å². The molecule has 0 radical (unpaired) electrons. The average Bonchev–Trinajstić information content (AvgIpc) is 3.00. The van der Waals surface area contributed by atoms with Crippen LogP contribution in [-0.4, -0.2) is 38.3 Å². The van der Waals surface area contributed by atoms with Gasteiger partial charge in [-0.1, -0.05) is 83.9 Å². The van der Waals surface area contributed by atoms with Crippen molar-refractivity contribution in [2.45, 2.75) is 64.6 Å². The molecule has 11 heteroatoms. The van der Waals surface area contributed by atoms with E-state index in [9.17, 15) is 35.1 Å². The Morgan fingerprint density at radius 1 is 0.511 bits per heavy atom. The molecule has 0 aromatic heterocycles. The zero-order chi connectivity index (χ0) is 34.2. The van der Waals surface area contributed by atoms with Crippen LogP contribution in [0.3, 0.4) is 0 Å². The van der Waals surface area contributed by atoms with Gasteiger partial charge in [0, 0.05) is 12.8 Å². The smallest absolute Gasteiger partial charge is 0.445 e. The summed E-state index contributed by atoms with van der Waals surface area (Å²) in [5.41, 5.74) is 6.72. The fraction of sp³-hybridized carbons (Fsp3) is 0.333. The largest absolute Gasteiger partial charge is 0.457 e. The number of aryl methyl sites for hydroxylation is 2. The summed E-state index contributed by atoms with van der Waals surface area (Å²) in [5.74, 6) is 0.946. The van der Waals surface area contributed by atoms with Crippen molar-refractivity contribution in [2.24, 2.45) is 0 Å². The lowest BCUT2D eigenvalue weighted by atomic mass is 9.98. The first kappa shape index (κ1) is 35.9. The van der Waals surface area contributed by atoms with E-state index in [4.69, 9.17) is 4.74 Å². The first-order valence-electron chi connectivity index (χ1n) is 14.8. The first-order valence-corrected chi connectivity index (χ1v) is 14.8. The van der Waals surface area contributed by atoms with Crippen molar-refractivity contribution in [1.82, 2.24) is 0 Å². The van der Waals surface area contributed by atoms with Gasteiger partial charge in [-0.2, -0.15) is 26.3 Å². The van der Waals surface area contributed by atoms with E-state index in [2.05, 4.69) is 9.47 Å². The van der Waals surface area contributed by atoms with E-state index in [0.717, 1.165) is 33.4 Å². The van der Waals surface area contributed by atoms with Crippen molar-refractivity contribution in [2.75, 3.05) is 13.2 Å². The van der Waals surface area contributed by atoms with Gasteiger partial charge in [0.1, 0.15) is 11.5 Å². The number of alkyl halides is 8. The molecule has 47 heavy (non-hydrogen) atoms. The fourth-order valence-corrected chi connectivity index (χ4v) is 4.77. The van der Waals surface area contributed by atoms with Crippen LogP contribution in [0.5, 0.6) is 11.5 Å². The molecule has 0 heterocycles. The molecule has 2 atom stereocenters. The van der Waals surface area contributed by atoms with Crippen LogP contribution in [0.2, 0.25) is 0 Å². The molecule has 0 saturated carbocycles. The first-order chi connectivity index (χ1) is 22.2. The molecule has 0 aliphatic carbocycles. The standard InChI is InChI=1S/C36H34F8O3/c1-23-3-7-25(8-4-23)19-29-21-27(15-17-45-33(37)35(39,40)41)11-13-31(29)47-32-14-12-28(16-18-46-34(38)36(42,43)44)22-30(32)20-26-9-5-24(2)6-10-26/h3-14,21-22,33-34H,15-20H2,1-2H3. The Balaban J connectivity index is 1.61. The third-order valence-corrected chi connectivity index (χ3v) is 7.32. The van der Waals surface area contributed by atoms with Gasteiger partial charge in [-0.15, -0.1) is 0 Å². The summed E-state index contributed by atoms with van der Waals surface area (Å²) in [6.07, 6.45) is -16.1. The number of rotatable bonds is 14. The van der Waals surface area contributed by atoms with Gasteiger partial charge in [-0.25, -0.2) is 8.78 Å². The highest BCUT2D eigenvalue weighted by molar-refractivity contribution is 5.47. The van der Waals surface area contributed by atoms with Crippen molar-refractivity contribution in [3.63, 3.8) is 0 Å². The van der Waals surface area contributed by atoms with Gasteiger partial charge < -0.3 is 14.2 Å². The Labute approximate surface area is 268 Å². The summed E-state index contributed by atoms with van der Waals surface area (Å²) < 4.78 is 117. The second-order valence-electron chi connectivity index (χ2n) is 11.3. The molecule has 0 amide bonds. The number of benzene rings is 4. The van der Waals surface area contributed by atoms with E-state index in [1.807, 2.05) is 62.4 Å². The van der Waals surface area contributed by atoms with Gasteiger partial charge in [0.15, 0.2) is 0 Å². The molecule has 4 aromatic carbocycles. The molecule has 252 valence electrons. The molecule has 4 rings (SSSR count). The molecule has 0 aliphatic heterocycles. The van der Waals surface area contributed by atoms with Crippen LogP contribution in [0.4, 0.5) is 35.1 Å². The molecule has 0 fully saturated rings. The molecule has 0 aliphatic rings. The van der Waals surface area contributed by atoms with Gasteiger partial charge >= 0.3 is 12.4 Å². The molecule has 0 bridgehead atoms. The molecule has 3 nitrogen and oxygen atoms in total. The lowest BCUT2D eigenvalue weighted by molar-refractivity contribution is -0.264. The summed E-state index contributed by atoms with van der Waals surface area (Å²) in [5, 5.41) is 0. The molecule has 2 unspecified atom stereocenters. The number of halogens is 8. The summed E-state index contributed by atoms with van der Waals surface area (Å²) in [6, 6.07) is 25.9. The van der Waals surface area contributed by atoms with E-state index in [0.29, 0.717) is 35.5 Å². The zero-order valence-corrected chi connectivity index (χ0v) is 25.7. The third-order valence-electron chi connectivity index (χ3n) is 7.32. The highest BCUT2D eigenvalue weighted by Crippen LogP contribution is 2.33. The van der Waals surface area contributed by atoms with Crippen molar-refractivity contribution in [3.8, 4) is 11.5 Å². The summed E-state index contributed by atoms with van der Waals surface area (Å²) in [4.78, 5) is 0. The Bertz CT molecular complexity index is 1460. The Morgan fingerprint density at radius 2 is 0.851 bits per heavy atom. The van der Waals surface area contributed by atoms with Crippen LogP contribution < -0.4 is 4.74 Å². The predicted octanol–water partition coefficient (Wildman–Crippen LogP) is 10.1. The predicted molar refractivity (Wildman–Crippen MR) is 162 cm³/mol. The Kier molecular flexibility index (Phi) is 12.0. The lowest BCUT2D eigenvalue weighted by Crippen LogP contribution is -2.27. The minimum absolute atomic E-state index is 0.0290. The topological polar surface area (TPSA) is 27.7 Å². The van der Waals surface area contributed by atoms with Crippen LogP contribution in [0.25, 0.3) is 0 Å². The highest BCUT2D eigenvalue weighted by atomic mass is 19.4. The lowest BCUT2D eigenvalue weighted by Gasteiger charge is -2.18. The second kappa shape index (κ2) is 15.8. The minimum atomic E-state index is -5.11. The van der Waals surface area contributed by atoms with Gasteiger partial charge in [-0.05, 0) is 72.2 Å². The zero-order valence-electron chi connectivity index (χ0n) is 25.7. The van der Waals surface area contributed by atoms with Crippen LogP contribution in [0.1, 0.15) is 44.5 Å². The third kappa shape index (κ3) is 11.1. The van der Waals surface area contributed by atoms with Gasteiger partial charge in [0.2, 0.25) is 0 Å². The van der Waals surface area contributed by atoms with Gasteiger partial charge in [0.25, 0.3) is 12.7 Å². The van der Waals surface area contributed by atoms with Gasteiger partial charge in [0.05, 0.1) is 13.2 Å². The molecule has 0 spiro atoms. The molecular formula is C36H34F8O3. The van der Waals surface area contributed by atoms with E-state index < -0.39 is 38.3 Å². The maximum Gasteiger partial charge on any atom is 0.445 e. The van der Waals surface area contributed by atoms with Gasteiger partial charge in [-0.3, -0.25) is 0 Å². The van der Waals surface area contributed by atoms with Crippen molar-refractivity contribution in [3.05, 3.63) is 129 Å².